The number of hydrogen-bond acceptors (Lipinski definition) is 2. The van der Waals surface area contributed by atoms with Crippen molar-refractivity contribution in [2.24, 2.45) is 5.73 Å². The predicted molar refractivity (Wildman–Crippen MR) is 83.0 cm³/mol. The van der Waals surface area contributed by atoms with Crippen molar-refractivity contribution in [2.75, 3.05) is 19.6 Å². The molecule has 0 amide bonds. The van der Waals surface area contributed by atoms with Crippen LogP contribution in [0.1, 0.15) is 31.2 Å². The van der Waals surface area contributed by atoms with E-state index < -0.39 is 0 Å². The fraction of sp³-hybridized carbons (Fsp3) is 0.600. The summed E-state index contributed by atoms with van der Waals surface area (Å²) in [6.45, 7) is 3.32. The highest BCUT2D eigenvalue weighted by molar-refractivity contribution is 6.35. The highest BCUT2D eigenvalue weighted by atomic mass is 35.5. The Morgan fingerprint density at radius 3 is 2.42 bits per heavy atom. The fourth-order valence-corrected chi connectivity index (χ4v) is 3.17. The van der Waals surface area contributed by atoms with E-state index in [9.17, 15) is 0 Å². The van der Waals surface area contributed by atoms with Crippen molar-refractivity contribution in [1.82, 2.24) is 4.90 Å². The average Bonchev–Trinajstić information content (AvgIpc) is 2.61. The Labute approximate surface area is 125 Å². The first-order chi connectivity index (χ1) is 9.15. The maximum Gasteiger partial charge on any atom is 0.0453 e. The van der Waals surface area contributed by atoms with Crippen LogP contribution in [0.3, 0.4) is 0 Å². The van der Waals surface area contributed by atoms with Crippen LogP contribution in [-0.2, 0) is 6.42 Å². The van der Waals surface area contributed by atoms with Gasteiger partial charge in [0.15, 0.2) is 0 Å². The van der Waals surface area contributed by atoms with Gasteiger partial charge in [-0.1, -0.05) is 42.1 Å². The Morgan fingerprint density at radius 2 is 1.79 bits per heavy atom. The number of likely N-dealkylation sites (tertiary alicyclic amines) is 1. The van der Waals surface area contributed by atoms with Gasteiger partial charge in [0.1, 0.15) is 0 Å². The van der Waals surface area contributed by atoms with Crippen LogP contribution in [0.15, 0.2) is 18.2 Å². The van der Waals surface area contributed by atoms with Crippen molar-refractivity contribution >= 4 is 23.2 Å². The summed E-state index contributed by atoms with van der Waals surface area (Å²) >= 11 is 12.1. The second-order valence-corrected chi connectivity index (χ2v) is 6.26. The third kappa shape index (κ3) is 4.96. The first-order valence-electron chi connectivity index (χ1n) is 7.07. The highest BCUT2D eigenvalue weighted by Gasteiger charge is 2.14. The molecule has 0 saturated carbocycles. The summed E-state index contributed by atoms with van der Waals surface area (Å²) < 4.78 is 0. The summed E-state index contributed by atoms with van der Waals surface area (Å²) in [5.41, 5.74) is 7.35. The zero-order valence-corrected chi connectivity index (χ0v) is 12.8. The molecule has 0 aromatic heterocycles. The predicted octanol–water partition coefficient (Wildman–Crippen LogP) is 3.74. The molecule has 1 aromatic rings. The molecule has 1 aromatic carbocycles. The SMILES string of the molecule is NC(Cc1ccc(Cl)cc1Cl)CN1CCCCCC1. The van der Waals surface area contributed by atoms with Gasteiger partial charge in [0.25, 0.3) is 0 Å². The zero-order valence-electron chi connectivity index (χ0n) is 11.2. The van der Waals surface area contributed by atoms with Crippen LogP contribution < -0.4 is 5.73 Å². The molecule has 19 heavy (non-hydrogen) atoms. The van der Waals surface area contributed by atoms with Gasteiger partial charge in [-0.3, -0.25) is 0 Å². The minimum Gasteiger partial charge on any atom is -0.326 e. The van der Waals surface area contributed by atoms with Gasteiger partial charge in [0.05, 0.1) is 0 Å². The summed E-state index contributed by atoms with van der Waals surface area (Å²) in [6, 6.07) is 5.78. The minimum atomic E-state index is 0.136. The Bertz CT molecular complexity index is 401. The quantitative estimate of drug-likeness (QED) is 0.918. The molecule has 0 bridgehead atoms. The van der Waals surface area contributed by atoms with Crippen LogP contribution in [0.4, 0.5) is 0 Å². The molecule has 2 rings (SSSR count). The molecule has 1 unspecified atom stereocenters. The van der Waals surface area contributed by atoms with Gasteiger partial charge in [0, 0.05) is 22.6 Å². The first-order valence-corrected chi connectivity index (χ1v) is 7.82. The zero-order chi connectivity index (χ0) is 13.7. The monoisotopic (exact) mass is 300 g/mol. The van der Waals surface area contributed by atoms with Crippen molar-refractivity contribution < 1.29 is 0 Å². The highest BCUT2D eigenvalue weighted by Crippen LogP contribution is 2.22. The van der Waals surface area contributed by atoms with E-state index in [4.69, 9.17) is 28.9 Å². The van der Waals surface area contributed by atoms with Crippen LogP contribution in [0.25, 0.3) is 0 Å². The van der Waals surface area contributed by atoms with Gasteiger partial charge < -0.3 is 10.6 Å². The molecular weight excluding hydrogens is 279 g/mol. The summed E-state index contributed by atoms with van der Waals surface area (Å²) in [6.07, 6.45) is 6.12. The molecular formula is C15H22Cl2N2. The lowest BCUT2D eigenvalue weighted by Gasteiger charge is -2.24. The van der Waals surface area contributed by atoms with Crippen LogP contribution in [-0.4, -0.2) is 30.6 Å². The summed E-state index contributed by atoms with van der Waals surface area (Å²) in [5.74, 6) is 0. The van der Waals surface area contributed by atoms with Crippen LogP contribution >= 0.6 is 23.2 Å². The molecule has 2 nitrogen and oxygen atoms in total. The third-order valence-electron chi connectivity index (χ3n) is 3.69. The lowest BCUT2D eigenvalue weighted by molar-refractivity contribution is 0.266. The molecule has 0 aliphatic carbocycles. The number of nitrogens with zero attached hydrogens (tertiary/aromatic N) is 1. The second kappa shape index (κ2) is 7.49. The molecule has 0 radical (unpaired) electrons. The molecule has 2 N–H and O–H groups in total. The van der Waals surface area contributed by atoms with Gasteiger partial charge in [-0.2, -0.15) is 0 Å². The van der Waals surface area contributed by atoms with Gasteiger partial charge in [-0.25, -0.2) is 0 Å². The Morgan fingerprint density at radius 1 is 1.11 bits per heavy atom. The van der Waals surface area contributed by atoms with Gasteiger partial charge in [0.2, 0.25) is 0 Å². The van der Waals surface area contributed by atoms with E-state index in [1.165, 1.54) is 38.8 Å². The molecule has 1 atom stereocenters. The summed E-state index contributed by atoms with van der Waals surface area (Å²) in [5, 5.41) is 1.40. The molecule has 1 saturated heterocycles. The van der Waals surface area contributed by atoms with Crippen LogP contribution in [0.2, 0.25) is 10.0 Å². The lowest BCUT2D eigenvalue weighted by atomic mass is 10.1. The van der Waals surface area contributed by atoms with E-state index in [2.05, 4.69) is 4.90 Å². The van der Waals surface area contributed by atoms with Crippen molar-refractivity contribution in [3.8, 4) is 0 Å². The topological polar surface area (TPSA) is 29.3 Å². The fourth-order valence-electron chi connectivity index (χ4n) is 2.68. The number of benzene rings is 1. The van der Waals surface area contributed by atoms with Crippen molar-refractivity contribution in [2.45, 2.75) is 38.1 Å². The van der Waals surface area contributed by atoms with Crippen molar-refractivity contribution in [3.05, 3.63) is 33.8 Å². The van der Waals surface area contributed by atoms with Gasteiger partial charge in [-0.05, 0) is 50.0 Å². The molecule has 4 heteroatoms. The second-order valence-electron chi connectivity index (χ2n) is 5.41. The average molecular weight is 301 g/mol. The summed E-state index contributed by atoms with van der Waals surface area (Å²) in [4.78, 5) is 2.49. The van der Waals surface area contributed by atoms with Gasteiger partial charge in [-0.15, -0.1) is 0 Å². The van der Waals surface area contributed by atoms with E-state index in [1.807, 2.05) is 12.1 Å². The van der Waals surface area contributed by atoms with Crippen LogP contribution in [0.5, 0.6) is 0 Å². The molecule has 1 fully saturated rings. The molecule has 1 heterocycles. The number of rotatable bonds is 4. The standard InChI is InChI=1S/C15H22Cl2N2/c16-13-6-5-12(15(17)10-13)9-14(18)11-19-7-3-1-2-4-8-19/h5-6,10,14H,1-4,7-9,11,18H2. The van der Waals surface area contributed by atoms with Crippen molar-refractivity contribution in [3.63, 3.8) is 0 Å². The Balaban J connectivity index is 1.87. The van der Waals surface area contributed by atoms with E-state index >= 15 is 0 Å². The Hall–Kier alpha value is -0.280. The molecule has 1 aliphatic rings. The lowest BCUT2D eigenvalue weighted by Crippen LogP contribution is -2.39. The molecule has 106 valence electrons. The van der Waals surface area contributed by atoms with E-state index in [0.717, 1.165) is 23.6 Å². The number of halogens is 2. The van der Waals surface area contributed by atoms with E-state index in [0.29, 0.717) is 5.02 Å². The first kappa shape index (κ1) is 15.1. The molecule has 0 spiro atoms. The van der Waals surface area contributed by atoms with Crippen LogP contribution in [0, 0.1) is 0 Å². The maximum absolute atomic E-state index is 6.26. The van der Waals surface area contributed by atoms with E-state index in [1.54, 1.807) is 6.07 Å². The number of hydrogen-bond donors (Lipinski definition) is 1. The van der Waals surface area contributed by atoms with Gasteiger partial charge >= 0.3 is 0 Å². The maximum atomic E-state index is 6.26. The smallest absolute Gasteiger partial charge is 0.0453 e. The van der Waals surface area contributed by atoms with E-state index in [-0.39, 0.29) is 6.04 Å². The Kier molecular flexibility index (Phi) is 5.96. The minimum absolute atomic E-state index is 0.136. The normalized spacial score (nSPS) is 19.1. The third-order valence-corrected chi connectivity index (χ3v) is 4.28. The number of nitrogens with two attached hydrogens (primary N) is 1. The summed E-state index contributed by atoms with van der Waals surface area (Å²) in [7, 11) is 0. The largest absolute Gasteiger partial charge is 0.326 e. The molecule has 1 aliphatic heterocycles. The van der Waals surface area contributed by atoms with Crippen molar-refractivity contribution in [1.29, 1.82) is 0 Å².